The van der Waals surface area contributed by atoms with Crippen LogP contribution in [0.3, 0.4) is 0 Å². The van der Waals surface area contributed by atoms with E-state index in [1.54, 1.807) is 6.07 Å². The lowest BCUT2D eigenvalue weighted by molar-refractivity contribution is -0.123. The molecule has 2 amide bonds. The molecule has 0 saturated heterocycles. The van der Waals surface area contributed by atoms with Gasteiger partial charge in [0.25, 0.3) is 5.91 Å². The highest BCUT2D eigenvalue weighted by Crippen LogP contribution is 2.52. The summed E-state index contributed by atoms with van der Waals surface area (Å²) in [6, 6.07) is 8.32. The highest BCUT2D eigenvalue weighted by Gasteiger charge is 2.51. The van der Waals surface area contributed by atoms with Crippen LogP contribution in [0.1, 0.15) is 47.6 Å². The first-order valence-corrected chi connectivity index (χ1v) is 15.1. The van der Waals surface area contributed by atoms with Gasteiger partial charge in [-0.05, 0) is 81.0 Å². The van der Waals surface area contributed by atoms with Crippen molar-refractivity contribution < 1.29 is 18.0 Å². The molecule has 0 aliphatic heterocycles. The zero-order valence-electron chi connectivity index (χ0n) is 21.9. The Morgan fingerprint density at radius 2 is 1.71 bits per heavy atom. The second-order valence-electron chi connectivity index (χ2n) is 10.7. The van der Waals surface area contributed by atoms with Gasteiger partial charge in [0.15, 0.2) is 0 Å². The fraction of sp³-hybridized carbons (Fsp3) is 0.481. The summed E-state index contributed by atoms with van der Waals surface area (Å²) in [5, 5.41) is 16.9. The molecule has 0 radical (unpaired) electrons. The average Bonchev–Trinajstić information content (AvgIpc) is 3.80. The standard InChI is InChI=1S/C27H34N6O4S/c1-16-23(17(2)31-30-16)18-8-10-21(11-9-18)29-26(34)25(24(19-4-5-19)20-6-7-20)33(14-15-38(3,36)37)27(35)22-12-13-28-32-22/h8-13,19-20,24-25H,4-7,14-15H2,1-3H3,(H,28,32)(H,29,34)(H,30,31)/t25-/m0/s1. The van der Waals surface area contributed by atoms with E-state index in [-0.39, 0.29) is 29.8 Å². The van der Waals surface area contributed by atoms with Crippen LogP contribution in [0.25, 0.3) is 11.1 Å². The van der Waals surface area contributed by atoms with E-state index >= 15 is 0 Å². The third kappa shape index (κ3) is 5.82. The van der Waals surface area contributed by atoms with E-state index in [0.29, 0.717) is 17.5 Å². The van der Waals surface area contributed by atoms with E-state index < -0.39 is 21.8 Å². The normalized spacial score (nSPS) is 16.4. The second kappa shape index (κ2) is 10.4. The smallest absolute Gasteiger partial charge is 0.272 e. The molecule has 0 bridgehead atoms. The molecule has 2 fully saturated rings. The summed E-state index contributed by atoms with van der Waals surface area (Å²) in [6.45, 7) is 3.84. The summed E-state index contributed by atoms with van der Waals surface area (Å²) in [6.07, 6.45) is 6.68. The monoisotopic (exact) mass is 538 g/mol. The third-order valence-corrected chi connectivity index (χ3v) is 8.49. The Kier molecular flexibility index (Phi) is 7.13. The fourth-order valence-electron chi connectivity index (χ4n) is 5.46. The number of carbonyl (C=O) groups excluding carboxylic acids is 2. The number of amides is 2. The van der Waals surface area contributed by atoms with Gasteiger partial charge in [-0.1, -0.05) is 12.1 Å². The molecule has 0 spiro atoms. The van der Waals surface area contributed by atoms with Crippen LogP contribution >= 0.6 is 0 Å². The van der Waals surface area contributed by atoms with E-state index in [2.05, 4.69) is 25.7 Å². The first kappa shape index (κ1) is 26.1. The van der Waals surface area contributed by atoms with Crippen LogP contribution in [-0.4, -0.2) is 70.1 Å². The highest BCUT2D eigenvalue weighted by molar-refractivity contribution is 7.90. The van der Waals surface area contributed by atoms with Crippen LogP contribution in [0.15, 0.2) is 36.5 Å². The molecule has 2 aromatic heterocycles. The number of nitrogens with one attached hydrogen (secondary N) is 3. The van der Waals surface area contributed by atoms with Crippen molar-refractivity contribution in [3.63, 3.8) is 0 Å². The summed E-state index contributed by atoms with van der Waals surface area (Å²) >= 11 is 0. The summed E-state index contributed by atoms with van der Waals surface area (Å²) in [4.78, 5) is 29.1. The van der Waals surface area contributed by atoms with Gasteiger partial charge in [-0.25, -0.2) is 8.42 Å². The largest absolute Gasteiger partial charge is 0.324 e. The number of carbonyl (C=O) groups is 2. The van der Waals surface area contributed by atoms with Gasteiger partial charge >= 0.3 is 0 Å². The molecule has 3 N–H and O–H groups in total. The summed E-state index contributed by atoms with van der Waals surface area (Å²) in [5.74, 6) is -0.253. The molecule has 2 aliphatic rings. The van der Waals surface area contributed by atoms with Gasteiger partial charge in [0.05, 0.1) is 11.4 Å². The molecule has 10 nitrogen and oxygen atoms in total. The molecular weight excluding hydrogens is 504 g/mol. The fourth-order valence-corrected chi connectivity index (χ4v) is 5.99. The van der Waals surface area contributed by atoms with Crippen LogP contribution in [-0.2, 0) is 14.6 Å². The maximum atomic E-state index is 14.0. The molecule has 2 aliphatic carbocycles. The predicted molar refractivity (Wildman–Crippen MR) is 144 cm³/mol. The molecular formula is C27H34N6O4S. The van der Waals surface area contributed by atoms with Crippen molar-refractivity contribution >= 4 is 27.3 Å². The van der Waals surface area contributed by atoms with Crippen molar-refractivity contribution in [3.8, 4) is 11.1 Å². The minimum atomic E-state index is -3.37. The maximum Gasteiger partial charge on any atom is 0.272 e. The summed E-state index contributed by atoms with van der Waals surface area (Å²) in [5.41, 5.74) is 4.73. The average molecular weight is 539 g/mol. The number of hydrogen-bond donors (Lipinski definition) is 3. The van der Waals surface area contributed by atoms with Gasteiger partial charge in [0.2, 0.25) is 5.91 Å². The Labute approximate surface area is 222 Å². The van der Waals surface area contributed by atoms with Crippen molar-refractivity contribution in [2.75, 3.05) is 23.9 Å². The van der Waals surface area contributed by atoms with E-state index in [1.165, 1.54) is 11.1 Å². The Hall–Kier alpha value is -3.47. The zero-order valence-corrected chi connectivity index (χ0v) is 22.7. The quantitative estimate of drug-likeness (QED) is 0.342. The lowest BCUT2D eigenvalue weighted by Crippen LogP contribution is -2.54. The minimum Gasteiger partial charge on any atom is -0.324 e. The number of sulfone groups is 1. The number of aromatic nitrogens is 4. The number of anilines is 1. The Morgan fingerprint density at radius 1 is 1.05 bits per heavy atom. The molecule has 38 heavy (non-hydrogen) atoms. The van der Waals surface area contributed by atoms with Crippen LogP contribution in [0.5, 0.6) is 0 Å². The van der Waals surface area contributed by atoms with E-state index in [9.17, 15) is 18.0 Å². The van der Waals surface area contributed by atoms with Crippen molar-refractivity contribution in [1.29, 1.82) is 0 Å². The van der Waals surface area contributed by atoms with Crippen LogP contribution in [0.2, 0.25) is 0 Å². The number of rotatable bonds is 11. The minimum absolute atomic E-state index is 0.0167. The molecule has 3 aromatic rings. The molecule has 11 heteroatoms. The van der Waals surface area contributed by atoms with Crippen molar-refractivity contribution in [2.24, 2.45) is 17.8 Å². The van der Waals surface area contributed by atoms with Crippen LogP contribution in [0, 0.1) is 31.6 Å². The molecule has 202 valence electrons. The van der Waals surface area contributed by atoms with Crippen molar-refractivity contribution in [3.05, 3.63) is 53.6 Å². The highest BCUT2D eigenvalue weighted by atomic mass is 32.2. The number of H-pyrrole nitrogens is 2. The van der Waals surface area contributed by atoms with Crippen LogP contribution in [0.4, 0.5) is 5.69 Å². The van der Waals surface area contributed by atoms with E-state index in [1.807, 2.05) is 38.1 Å². The van der Waals surface area contributed by atoms with Crippen LogP contribution < -0.4 is 5.32 Å². The Balaban J connectivity index is 1.45. The topological polar surface area (TPSA) is 141 Å². The van der Waals surface area contributed by atoms with Gasteiger partial charge in [-0.2, -0.15) is 10.2 Å². The SMILES string of the molecule is Cc1n[nH]c(C)c1-c1ccc(NC(=O)[C@H](C(C2CC2)C2CC2)N(CCS(C)(=O)=O)C(=O)c2ccn[nH]2)cc1. The van der Waals surface area contributed by atoms with Gasteiger partial charge in [0.1, 0.15) is 21.6 Å². The van der Waals surface area contributed by atoms with Gasteiger partial charge < -0.3 is 10.2 Å². The molecule has 2 saturated carbocycles. The van der Waals surface area contributed by atoms with Crippen molar-refractivity contribution in [1.82, 2.24) is 25.3 Å². The first-order valence-electron chi connectivity index (χ1n) is 13.0. The third-order valence-electron chi connectivity index (χ3n) is 7.57. The van der Waals surface area contributed by atoms with E-state index in [4.69, 9.17) is 0 Å². The Morgan fingerprint density at radius 3 is 2.21 bits per heavy atom. The lowest BCUT2D eigenvalue weighted by atomic mass is 9.87. The number of benzene rings is 1. The second-order valence-corrected chi connectivity index (χ2v) is 12.9. The molecule has 5 rings (SSSR count). The van der Waals surface area contributed by atoms with E-state index in [0.717, 1.165) is 54.5 Å². The van der Waals surface area contributed by atoms with Gasteiger partial charge in [-0.15, -0.1) is 0 Å². The number of aromatic amines is 2. The lowest BCUT2D eigenvalue weighted by Gasteiger charge is -2.36. The predicted octanol–water partition coefficient (Wildman–Crippen LogP) is 3.35. The molecule has 1 aromatic carbocycles. The van der Waals surface area contributed by atoms with Crippen molar-refractivity contribution in [2.45, 2.75) is 45.6 Å². The maximum absolute atomic E-state index is 14.0. The first-order chi connectivity index (χ1) is 18.1. The molecule has 1 atom stereocenters. The van der Waals surface area contributed by atoms with Gasteiger partial charge in [-0.3, -0.25) is 19.8 Å². The molecule has 0 unspecified atom stereocenters. The molecule has 2 heterocycles. The Bertz CT molecular complexity index is 1370. The summed E-state index contributed by atoms with van der Waals surface area (Å²) < 4.78 is 24.2. The summed E-state index contributed by atoms with van der Waals surface area (Å²) in [7, 11) is -3.37. The zero-order chi connectivity index (χ0) is 27.0. The van der Waals surface area contributed by atoms with Gasteiger partial charge in [0, 0.05) is 35.9 Å². The number of hydrogen-bond acceptors (Lipinski definition) is 6. The number of aryl methyl sites for hydroxylation is 2. The number of nitrogens with zero attached hydrogens (tertiary/aromatic N) is 3.